The van der Waals surface area contributed by atoms with Gasteiger partial charge < -0.3 is 10.0 Å². The fourth-order valence-corrected chi connectivity index (χ4v) is 3.62. The minimum Gasteiger partial charge on any atom is -0.508 e. The van der Waals surface area contributed by atoms with Crippen molar-refractivity contribution in [1.82, 2.24) is 0 Å². The quantitative estimate of drug-likeness (QED) is 0.213. The third kappa shape index (κ3) is 11.2. The topological polar surface area (TPSA) is 23.5 Å². The van der Waals surface area contributed by atoms with Crippen LogP contribution < -0.4 is 4.90 Å². The Kier molecular flexibility index (Phi) is 15.7. The second kappa shape index (κ2) is 18.7. The predicted molar refractivity (Wildman–Crippen MR) is 184 cm³/mol. The number of aromatic hydroxyl groups is 1. The lowest BCUT2D eigenvalue weighted by Gasteiger charge is -2.25. The van der Waals surface area contributed by atoms with Crippen molar-refractivity contribution in [1.29, 1.82) is 0 Å². The van der Waals surface area contributed by atoms with Crippen molar-refractivity contribution in [3.05, 3.63) is 162 Å². The summed E-state index contributed by atoms with van der Waals surface area (Å²) in [5.74, 6) is 0.243. The van der Waals surface area contributed by atoms with Gasteiger partial charge in [0.1, 0.15) is 5.75 Å². The van der Waals surface area contributed by atoms with E-state index in [1.165, 1.54) is 11.1 Å². The fraction of sp³-hybridized carbons (Fsp3) is 0.179. The molecule has 0 spiro atoms. The molecule has 0 atom stereocenters. The lowest BCUT2D eigenvalue weighted by atomic mass is 9.95. The number of hydrogen-bond donors (Lipinski definition) is 1. The second-order valence-electron chi connectivity index (χ2n) is 9.30. The molecule has 0 fully saturated rings. The van der Waals surface area contributed by atoms with Gasteiger partial charge in [-0.3, -0.25) is 0 Å². The third-order valence-electron chi connectivity index (χ3n) is 5.92. The van der Waals surface area contributed by atoms with Gasteiger partial charge in [0.2, 0.25) is 0 Å². The molecule has 0 aliphatic carbocycles. The summed E-state index contributed by atoms with van der Waals surface area (Å²) in [6.45, 7) is 26.3. The minimum atomic E-state index is 0.243. The van der Waals surface area contributed by atoms with Crippen LogP contribution in [0.15, 0.2) is 151 Å². The van der Waals surface area contributed by atoms with Gasteiger partial charge in [-0.2, -0.15) is 0 Å². The van der Waals surface area contributed by atoms with Gasteiger partial charge in [-0.1, -0.05) is 105 Å². The van der Waals surface area contributed by atoms with Crippen molar-refractivity contribution < 1.29 is 5.11 Å². The molecule has 0 saturated heterocycles. The molecule has 0 aliphatic heterocycles. The first-order valence-corrected chi connectivity index (χ1v) is 14.1. The van der Waals surface area contributed by atoms with E-state index in [1.807, 2.05) is 58.1 Å². The fourth-order valence-electron chi connectivity index (χ4n) is 3.62. The van der Waals surface area contributed by atoms with E-state index in [1.54, 1.807) is 18.2 Å². The molecule has 0 bridgehead atoms. The molecule has 3 rings (SSSR count). The average Bonchev–Trinajstić information content (AvgIpc) is 3.00. The van der Waals surface area contributed by atoms with Crippen LogP contribution in [-0.2, 0) is 0 Å². The van der Waals surface area contributed by atoms with E-state index >= 15 is 0 Å². The molecule has 1 N–H and O–H groups in total. The van der Waals surface area contributed by atoms with Gasteiger partial charge in [0.05, 0.1) is 0 Å². The van der Waals surface area contributed by atoms with Crippen molar-refractivity contribution in [2.75, 3.05) is 4.90 Å². The second-order valence-corrected chi connectivity index (χ2v) is 9.30. The Bertz CT molecular complexity index is 1310. The summed E-state index contributed by atoms with van der Waals surface area (Å²) in [5.41, 5.74) is 9.30. The van der Waals surface area contributed by atoms with E-state index in [0.717, 1.165) is 39.3 Å². The Balaban J connectivity index is 0.00000129. The van der Waals surface area contributed by atoms with Gasteiger partial charge >= 0.3 is 0 Å². The van der Waals surface area contributed by atoms with Crippen molar-refractivity contribution in [2.24, 2.45) is 0 Å². The number of aryl methyl sites for hydroxylation is 1. The molecule has 2 nitrogen and oxygen atoms in total. The summed E-state index contributed by atoms with van der Waals surface area (Å²) in [6, 6.07) is 24.0. The number of nitrogens with zero attached hydrogens (tertiary/aromatic N) is 1. The maximum Gasteiger partial charge on any atom is 0.115 e. The number of benzene rings is 3. The summed E-state index contributed by atoms with van der Waals surface area (Å²) in [6.07, 6.45) is 13.8. The molecule has 3 aromatic carbocycles. The van der Waals surface area contributed by atoms with Crippen molar-refractivity contribution >= 4 is 23.1 Å². The van der Waals surface area contributed by atoms with Gasteiger partial charge in [0.25, 0.3) is 0 Å². The molecule has 0 heterocycles. The molecule has 3 aromatic rings. The number of allylic oxidation sites excluding steroid dienone is 10. The van der Waals surface area contributed by atoms with E-state index < -0.39 is 0 Å². The van der Waals surface area contributed by atoms with Crippen LogP contribution in [0, 0.1) is 6.92 Å². The highest BCUT2D eigenvalue weighted by atomic mass is 16.3. The zero-order valence-corrected chi connectivity index (χ0v) is 26.0. The number of phenols is 1. The Morgan fingerprint density at radius 1 is 0.707 bits per heavy atom. The zero-order valence-electron chi connectivity index (χ0n) is 26.0. The highest BCUT2D eigenvalue weighted by molar-refractivity contribution is 5.78. The van der Waals surface area contributed by atoms with Gasteiger partial charge in [0, 0.05) is 17.1 Å². The van der Waals surface area contributed by atoms with Crippen LogP contribution in [0.3, 0.4) is 0 Å². The van der Waals surface area contributed by atoms with Crippen LogP contribution in [0.2, 0.25) is 0 Å². The van der Waals surface area contributed by atoms with Crippen LogP contribution in [0.5, 0.6) is 5.75 Å². The largest absolute Gasteiger partial charge is 0.508 e. The van der Waals surface area contributed by atoms with Crippen LogP contribution in [-0.4, -0.2) is 5.11 Å². The summed E-state index contributed by atoms with van der Waals surface area (Å²) >= 11 is 0. The smallest absolute Gasteiger partial charge is 0.115 e. The monoisotopic (exact) mass is 545 g/mol. The lowest BCUT2D eigenvalue weighted by Crippen LogP contribution is -2.09. The third-order valence-corrected chi connectivity index (χ3v) is 5.92. The molecular weight excluding hydrogens is 498 g/mol. The molecule has 0 unspecified atom stereocenters. The molecule has 0 amide bonds. The number of rotatable bonds is 9. The molecule has 0 aliphatic rings. The maximum absolute atomic E-state index is 9.78. The van der Waals surface area contributed by atoms with E-state index in [2.05, 4.69) is 112 Å². The van der Waals surface area contributed by atoms with E-state index in [-0.39, 0.29) is 5.75 Å². The first-order valence-electron chi connectivity index (χ1n) is 14.1. The lowest BCUT2D eigenvalue weighted by molar-refractivity contribution is 0.475. The van der Waals surface area contributed by atoms with Crippen LogP contribution >= 0.6 is 0 Å². The highest BCUT2D eigenvalue weighted by Gasteiger charge is 2.13. The summed E-state index contributed by atoms with van der Waals surface area (Å²) in [7, 11) is 0. The average molecular weight is 546 g/mol. The summed E-state index contributed by atoms with van der Waals surface area (Å²) in [5, 5.41) is 9.78. The Hall–Kier alpha value is -4.56. The summed E-state index contributed by atoms with van der Waals surface area (Å²) < 4.78 is 0. The molecule has 0 aromatic heterocycles. The van der Waals surface area contributed by atoms with E-state index in [9.17, 15) is 5.11 Å². The van der Waals surface area contributed by atoms with Gasteiger partial charge in [0.15, 0.2) is 0 Å². The Morgan fingerprint density at radius 2 is 1.17 bits per heavy atom. The standard InChI is InChI=1S/C33H33NO.C4H8.C2H6/c1-7-26(6)33(28(8-2)14-9-24(3)4)23-27-12-17-30(18-13-27)34(29-15-10-25(5)11-16-29)31-19-21-32(35)22-20-31;1-3-4-2;1-2/h7-23,35H,1-2,6H2,3-5H3;3-4H,1-2H3;1-2H3/b28-14+,33-23?;4-3-;. The van der Waals surface area contributed by atoms with Gasteiger partial charge in [-0.05, 0) is 112 Å². The maximum atomic E-state index is 9.78. The molecule has 0 radical (unpaired) electrons. The predicted octanol–water partition coefficient (Wildman–Crippen LogP) is 12.0. The SMILES string of the molecule is C/C=C\C.C=CC(=C)C(=Cc1ccc(N(c2ccc(C)cc2)c2ccc(O)cc2)cc1)/C(C=C)=C/C=C(C)C.CC. The van der Waals surface area contributed by atoms with Crippen LogP contribution in [0.1, 0.15) is 52.7 Å². The van der Waals surface area contributed by atoms with E-state index in [0.29, 0.717) is 0 Å². The molecule has 214 valence electrons. The van der Waals surface area contributed by atoms with Crippen molar-refractivity contribution in [2.45, 2.75) is 48.5 Å². The first-order chi connectivity index (χ1) is 19.7. The van der Waals surface area contributed by atoms with E-state index in [4.69, 9.17) is 0 Å². The Labute approximate surface area is 249 Å². The molecular formula is C39H47NO. The highest BCUT2D eigenvalue weighted by Crippen LogP contribution is 2.35. The van der Waals surface area contributed by atoms with Crippen LogP contribution in [0.4, 0.5) is 17.1 Å². The van der Waals surface area contributed by atoms with Gasteiger partial charge in [-0.15, -0.1) is 0 Å². The van der Waals surface area contributed by atoms with Crippen LogP contribution in [0.25, 0.3) is 6.08 Å². The number of hydrogen-bond acceptors (Lipinski definition) is 2. The molecule has 2 heteroatoms. The Morgan fingerprint density at radius 3 is 1.59 bits per heavy atom. The minimum absolute atomic E-state index is 0.243. The molecule has 0 saturated carbocycles. The first kappa shape index (κ1) is 34.5. The molecule has 41 heavy (non-hydrogen) atoms. The summed E-state index contributed by atoms with van der Waals surface area (Å²) in [4.78, 5) is 2.17. The zero-order chi connectivity index (χ0) is 30.8. The normalized spacial score (nSPS) is 10.9. The van der Waals surface area contributed by atoms with Gasteiger partial charge in [-0.25, -0.2) is 0 Å². The number of anilines is 3. The van der Waals surface area contributed by atoms with Crippen molar-refractivity contribution in [3.8, 4) is 5.75 Å². The van der Waals surface area contributed by atoms with Crippen molar-refractivity contribution in [3.63, 3.8) is 0 Å². The number of phenolic OH excluding ortho intramolecular Hbond substituents is 1.